The van der Waals surface area contributed by atoms with Crippen LogP contribution in [0.25, 0.3) is 0 Å². The Bertz CT molecular complexity index is 955. The van der Waals surface area contributed by atoms with Gasteiger partial charge in [0.1, 0.15) is 0 Å². The maximum Gasteiger partial charge on any atom is 0.243 e. The van der Waals surface area contributed by atoms with Crippen molar-refractivity contribution in [1.82, 2.24) is 4.31 Å². The number of hydrogen-bond donors (Lipinski definition) is 1. The molecule has 0 aromatic heterocycles. The number of hydrogen-bond acceptors (Lipinski definition) is 6. The molecule has 1 fully saturated rings. The average Bonchev–Trinajstić information content (AvgIpc) is 3.28. The van der Waals surface area contributed by atoms with Gasteiger partial charge in [-0.3, -0.25) is 4.79 Å². The molecule has 7 nitrogen and oxygen atoms in total. The highest BCUT2D eigenvalue weighted by atomic mass is 32.2. The van der Waals surface area contributed by atoms with E-state index in [1.165, 1.54) is 28.2 Å². The Morgan fingerprint density at radius 1 is 1.03 bits per heavy atom. The van der Waals surface area contributed by atoms with E-state index in [0.29, 0.717) is 30.3 Å². The van der Waals surface area contributed by atoms with Crippen LogP contribution in [-0.4, -0.2) is 51.7 Å². The number of rotatable bonds is 8. The minimum absolute atomic E-state index is 0.181. The van der Waals surface area contributed by atoms with Crippen LogP contribution in [0.4, 0.5) is 5.69 Å². The summed E-state index contributed by atoms with van der Waals surface area (Å²) in [6.07, 6.45) is 1.79. The zero-order valence-corrected chi connectivity index (χ0v) is 18.0. The van der Waals surface area contributed by atoms with Crippen LogP contribution in [-0.2, 0) is 14.8 Å². The Morgan fingerprint density at radius 3 is 2.31 bits per heavy atom. The Morgan fingerprint density at radius 2 is 1.69 bits per heavy atom. The van der Waals surface area contributed by atoms with E-state index in [-0.39, 0.29) is 16.6 Å². The molecule has 29 heavy (non-hydrogen) atoms. The third-order valence-corrected chi connectivity index (χ3v) is 7.47. The lowest BCUT2D eigenvalue weighted by Gasteiger charge is -2.15. The number of methoxy groups -OCH3 is 2. The number of sulfonamides is 1. The van der Waals surface area contributed by atoms with E-state index in [9.17, 15) is 13.2 Å². The number of benzene rings is 2. The van der Waals surface area contributed by atoms with Gasteiger partial charge in [-0.25, -0.2) is 8.42 Å². The van der Waals surface area contributed by atoms with Crippen LogP contribution in [0.5, 0.6) is 11.5 Å². The summed E-state index contributed by atoms with van der Waals surface area (Å²) in [4.78, 5) is 13.4. The zero-order chi connectivity index (χ0) is 20.9. The number of nitrogens with zero attached hydrogens (tertiary/aromatic N) is 1. The second-order valence-corrected chi connectivity index (χ2v) is 9.48. The van der Waals surface area contributed by atoms with Crippen LogP contribution in [0, 0.1) is 0 Å². The second-order valence-electron chi connectivity index (χ2n) is 6.49. The molecule has 0 radical (unpaired) electrons. The van der Waals surface area contributed by atoms with Gasteiger partial charge in [0.25, 0.3) is 0 Å². The first-order chi connectivity index (χ1) is 13.9. The molecule has 1 N–H and O–H groups in total. The normalized spacial score (nSPS) is 14.6. The Balaban J connectivity index is 1.57. The monoisotopic (exact) mass is 436 g/mol. The van der Waals surface area contributed by atoms with Crippen LogP contribution in [0.15, 0.2) is 52.3 Å². The van der Waals surface area contributed by atoms with Gasteiger partial charge < -0.3 is 14.8 Å². The number of thioether (sulfide) groups is 1. The number of anilines is 1. The van der Waals surface area contributed by atoms with Crippen molar-refractivity contribution in [3.05, 3.63) is 42.5 Å². The van der Waals surface area contributed by atoms with Gasteiger partial charge in [-0.1, -0.05) is 0 Å². The molecule has 2 aromatic carbocycles. The summed E-state index contributed by atoms with van der Waals surface area (Å²) < 4.78 is 37.0. The van der Waals surface area contributed by atoms with Crippen molar-refractivity contribution in [3.8, 4) is 11.5 Å². The molecule has 1 aliphatic rings. The molecule has 0 unspecified atom stereocenters. The number of ether oxygens (including phenoxy) is 2. The fourth-order valence-corrected chi connectivity index (χ4v) is 5.28. The summed E-state index contributed by atoms with van der Waals surface area (Å²) in [5.41, 5.74) is 0.559. The number of carbonyl (C=O) groups is 1. The smallest absolute Gasteiger partial charge is 0.243 e. The highest BCUT2D eigenvalue weighted by molar-refractivity contribution is 8.00. The lowest BCUT2D eigenvalue weighted by molar-refractivity contribution is -0.113. The molecule has 3 rings (SSSR count). The van der Waals surface area contributed by atoms with Crippen LogP contribution < -0.4 is 14.8 Å². The summed E-state index contributed by atoms with van der Waals surface area (Å²) in [5, 5.41) is 2.79. The van der Waals surface area contributed by atoms with Gasteiger partial charge >= 0.3 is 0 Å². The van der Waals surface area contributed by atoms with Crippen LogP contribution in [0.2, 0.25) is 0 Å². The van der Waals surface area contributed by atoms with Crippen LogP contribution in [0.1, 0.15) is 12.8 Å². The van der Waals surface area contributed by atoms with Crippen molar-refractivity contribution < 1.29 is 22.7 Å². The van der Waals surface area contributed by atoms with Gasteiger partial charge in [0.2, 0.25) is 15.9 Å². The molecule has 2 aromatic rings. The summed E-state index contributed by atoms with van der Waals surface area (Å²) in [6.45, 7) is 1.13. The molecule has 1 amide bonds. The van der Waals surface area contributed by atoms with E-state index >= 15 is 0 Å². The van der Waals surface area contributed by atoms with Crippen molar-refractivity contribution in [2.45, 2.75) is 22.6 Å². The Kier molecular flexibility index (Phi) is 7.05. The molecular weight excluding hydrogens is 412 g/mol. The summed E-state index contributed by atoms with van der Waals surface area (Å²) in [7, 11) is -0.317. The molecule has 156 valence electrons. The molecule has 1 saturated heterocycles. The standard InChI is InChI=1S/C20H24N2O5S2/c1-26-18-10-7-16(13-19(18)27-2)28-14-20(23)21-15-5-8-17(9-6-15)29(24,25)22-11-3-4-12-22/h5-10,13H,3-4,11-12,14H2,1-2H3,(H,21,23). The number of carbonyl (C=O) groups excluding carboxylic acids is 1. The van der Waals surface area contributed by atoms with Gasteiger partial charge in [-0.2, -0.15) is 4.31 Å². The van der Waals surface area contributed by atoms with Gasteiger partial charge in [0, 0.05) is 23.7 Å². The van der Waals surface area contributed by atoms with Crippen molar-refractivity contribution in [3.63, 3.8) is 0 Å². The summed E-state index contributed by atoms with van der Waals surface area (Å²) >= 11 is 1.37. The molecular formula is C20H24N2O5S2. The lowest BCUT2D eigenvalue weighted by atomic mass is 10.3. The SMILES string of the molecule is COc1ccc(SCC(=O)Nc2ccc(S(=O)(=O)N3CCCC3)cc2)cc1OC. The highest BCUT2D eigenvalue weighted by Crippen LogP contribution is 2.32. The fraction of sp³-hybridized carbons (Fsp3) is 0.350. The first kappa shape index (κ1) is 21.5. The molecule has 0 spiro atoms. The Labute approximate surface area is 175 Å². The zero-order valence-electron chi connectivity index (χ0n) is 16.4. The van der Waals surface area contributed by atoms with E-state index in [1.807, 2.05) is 12.1 Å². The molecule has 1 heterocycles. The number of nitrogens with one attached hydrogen (secondary N) is 1. The molecule has 0 bridgehead atoms. The Hall–Kier alpha value is -2.23. The van der Waals surface area contributed by atoms with Crippen molar-refractivity contribution in [1.29, 1.82) is 0 Å². The largest absolute Gasteiger partial charge is 0.493 e. The van der Waals surface area contributed by atoms with Gasteiger partial charge in [-0.15, -0.1) is 11.8 Å². The molecule has 0 atom stereocenters. The van der Waals surface area contributed by atoms with E-state index in [1.54, 1.807) is 32.4 Å². The van der Waals surface area contributed by atoms with E-state index in [0.717, 1.165) is 17.7 Å². The van der Waals surface area contributed by atoms with Crippen molar-refractivity contribution >= 4 is 33.4 Å². The van der Waals surface area contributed by atoms with Crippen molar-refractivity contribution in [2.24, 2.45) is 0 Å². The quantitative estimate of drug-likeness (QED) is 0.640. The van der Waals surface area contributed by atoms with Crippen molar-refractivity contribution in [2.75, 3.05) is 38.4 Å². The number of amides is 1. The lowest BCUT2D eigenvalue weighted by Crippen LogP contribution is -2.27. The first-order valence-electron chi connectivity index (χ1n) is 9.19. The third kappa shape index (κ3) is 5.23. The highest BCUT2D eigenvalue weighted by Gasteiger charge is 2.26. The minimum Gasteiger partial charge on any atom is -0.493 e. The molecule has 0 aliphatic carbocycles. The predicted octanol–water partition coefficient (Wildman–Crippen LogP) is 3.22. The maximum atomic E-state index is 12.5. The second kappa shape index (κ2) is 9.51. The van der Waals surface area contributed by atoms with Gasteiger partial charge in [0.05, 0.1) is 24.9 Å². The maximum absolute atomic E-state index is 12.5. The molecule has 1 aliphatic heterocycles. The van der Waals surface area contributed by atoms with E-state index < -0.39 is 10.0 Å². The minimum atomic E-state index is -3.45. The third-order valence-electron chi connectivity index (χ3n) is 4.57. The molecule has 0 saturated carbocycles. The first-order valence-corrected chi connectivity index (χ1v) is 11.6. The van der Waals surface area contributed by atoms with Gasteiger partial charge in [-0.05, 0) is 55.3 Å². The summed E-state index contributed by atoms with van der Waals surface area (Å²) in [6, 6.07) is 11.8. The topological polar surface area (TPSA) is 84.9 Å². The predicted molar refractivity (Wildman–Crippen MR) is 113 cm³/mol. The summed E-state index contributed by atoms with van der Waals surface area (Å²) in [5.74, 6) is 1.27. The van der Waals surface area contributed by atoms with E-state index in [2.05, 4.69) is 5.32 Å². The van der Waals surface area contributed by atoms with Crippen LogP contribution in [0.3, 0.4) is 0 Å². The van der Waals surface area contributed by atoms with Crippen LogP contribution >= 0.6 is 11.8 Å². The average molecular weight is 437 g/mol. The molecule has 9 heteroatoms. The van der Waals surface area contributed by atoms with Gasteiger partial charge in [0.15, 0.2) is 11.5 Å². The van der Waals surface area contributed by atoms with E-state index in [4.69, 9.17) is 9.47 Å². The fourth-order valence-electron chi connectivity index (χ4n) is 3.04.